The van der Waals surface area contributed by atoms with Gasteiger partial charge in [-0.15, -0.1) is 0 Å². The molecule has 0 bridgehead atoms. The van der Waals surface area contributed by atoms with Gasteiger partial charge in [0.15, 0.2) is 0 Å². The Morgan fingerprint density at radius 3 is 2.75 bits per heavy atom. The van der Waals surface area contributed by atoms with Crippen LogP contribution in [0.2, 0.25) is 0 Å². The van der Waals surface area contributed by atoms with Crippen molar-refractivity contribution in [3.8, 4) is 11.8 Å². The summed E-state index contributed by atoms with van der Waals surface area (Å²) in [6.45, 7) is 2.09. The van der Waals surface area contributed by atoms with Crippen molar-refractivity contribution in [3.63, 3.8) is 0 Å². The van der Waals surface area contributed by atoms with E-state index < -0.39 is 0 Å². The van der Waals surface area contributed by atoms with Gasteiger partial charge in [0.2, 0.25) is 0 Å². The summed E-state index contributed by atoms with van der Waals surface area (Å²) in [5.74, 6) is 0.902. The lowest BCUT2D eigenvalue weighted by molar-refractivity contribution is 0.377. The normalized spacial score (nSPS) is 12.0. The zero-order valence-corrected chi connectivity index (χ0v) is 14.0. The van der Waals surface area contributed by atoms with Crippen LogP contribution in [0.25, 0.3) is 0 Å². The van der Waals surface area contributed by atoms with Crippen LogP contribution in [0, 0.1) is 6.92 Å². The number of nitrogens with zero attached hydrogens (tertiary/aromatic N) is 3. The summed E-state index contributed by atoms with van der Waals surface area (Å²) in [5.41, 5.74) is 4.20. The van der Waals surface area contributed by atoms with E-state index in [1.165, 1.54) is 0 Å². The van der Waals surface area contributed by atoms with Crippen LogP contribution in [0.5, 0.6) is 11.8 Å². The molecule has 1 N–H and O–H groups in total. The van der Waals surface area contributed by atoms with Gasteiger partial charge in [0.1, 0.15) is 5.75 Å². The number of rotatable bonds is 6. The highest BCUT2D eigenvalue weighted by atomic mass is 16.5. The molecular formula is C18H20N4O2. The fraction of sp³-hybridized carbons (Fsp3) is 0.278. The molecule has 0 amide bonds. The molecule has 0 spiro atoms. The molecule has 1 unspecified atom stereocenters. The smallest absolute Gasteiger partial charge is 0.316 e. The zero-order chi connectivity index (χ0) is 16.9. The highest BCUT2D eigenvalue weighted by Crippen LogP contribution is 2.35. The van der Waals surface area contributed by atoms with Crippen LogP contribution in [0.4, 0.5) is 0 Å². The average Bonchev–Trinajstić information content (AvgIpc) is 3.14. The number of imidazole rings is 1. The molecule has 6 nitrogen and oxygen atoms in total. The zero-order valence-electron chi connectivity index (χ0n) is 14.0. The van der Waals surface area contributed by atoms with Gasteiger partial charge in [-0.25, -0.2) is 15.0 Å². The summed E-state index contributed by atoms with van der Waals surface area (Å²) >= 11 is 0. The molecule has 3 rings (SSSR count). The largest absolute Gasteiger partial charge is 0.496 e. The predicted octanol–water partition coefficient (Wildman–Crippen LogP) is 2.90. The summed E-state index contributed by atoms with van der Waals surface area (Å²) in [5, 5.41) is 0. The van der Waals surface area contributed by atoms with E-state index in [2.05, 4.69) is 32.9 Å². The first kappa shape index (κ1) is 16.0. The van der Waals surface area contributed by atoms with Crippen LogP contribution in [0.15, 0.2) is 43.0 Å². The van der Waals surface area contributed by atoms with Gasteiger partial charge >= 0.3 is 6.01 Å². The van der Waals surface area contributed by atoms with Crippen molar-refractivity contribution in [1.29, 1.82) is 0 Å². The predicted molar refractivity (Wildman–Crippen MR) is 90.4 cm³/mol. The Kier molecular flexibility index (Phi) is 4.74. The van der Waals surface area contributed by atoms with Crippen molar-refractivity contribution in [3.05, 3.63) is 65.5 Å². The number of hydrogen-bond donors (Lipinski definition) is 1. The molecule has 0 aliphatic heterocycles. The Hall–Kier alpha value is -2.89. The second kappa shape index (κ2) is 7.12. The molecule has 0 aliphatic rings. The third kappa shape index (κ3) is 3.22. The molecule has 1 aromatic carbocycles. The number of ether oxygens (including phenoxy) is 2. The quantitative estimate of drug-likeness (QED) is 0.755. The van der Waals surface area contributed by atoms with Gasteiger partial charge in [0.05, 0.1) is 20.5 Å². The minimum Gasteiger partial charge on any atom is -0.496 e. The number of methoxy groups -OCH3 is 2. The van der Waals surface area contributed by atoms with Crippen LogP contribution in [-0.2, 0) is 6.42 Å². The first-order chi connectivity index (χ1) is 11.7. The molecule has 0 aliphatic carbocycles. The molecule has 24 heavy (non-hydrogen) atoms. The topological polar surface area (TPSA) is 72.9 Å². The van der Waals surface area contributed by atoms with Crippen LogP contribution in [0.3, 0.4) is 0 Å². The van der Waals surface area contributed by atoms with Gasteiger partial charge in [0.25, 0.3) is 0 Å². The number of aryl methyl sites for hydroxylation is 1. The first-order valence-electron chi connectivity index (χ1n) is 7.70. The van der Waals surface area contributed by atoms with E-state index in [9.17, 15) is 0 Å². The molecule has 0 saturated carbocycles. The van der Waals surface area contributed by atoms with E-state index in [0.717, 1.165) is 28.3 Å². The summed E-state index contributed by atoms with van der Waals surface area (Å²) in [6, 6.07) is 8.33. The summed E-state index contributed by atoms with van der Waals surface area (Å²) < 4.78 is 10.7. The van der Waals surface area contributed by atoms with Crippen LogP contribution < -0.4 is 9.47 Å². The van der Waals surface area contributed by atoms with E-state index in [-0.39, 0.29) is 5.92 Å². The van der Waals surface area contributed by atoms with Crippen LogP contribution in [-0.4, -0.2) is 34.2 Å². The minimum absolute atomic E-state index is 0.0447. The van der Waals surface area contributed by atoms with Crippen molar-refractivity contribution in [2.45, 2.75) is 19.3 Å². The average molecular weight is 324 g/mol. The number of nitrogens with one attached hydrogen (secondary N) is 1. The molecule has 2 heterocycles. The Morgan fingerprint density at radius 2 is 2.04 bits per heavy atom. The molecule has 0 radical (unpaired) electrons. The maximum atomic E-state index is 5.60. The van der Waals surface area contributed by atoms with Gasteiger partial charge in [0, 0.05) is 41.7 Å². The molecule has 1 atom stereocenters. The lowest BCUT2D eigenvalue weighted by Crippen LogP contribution is -2.11. The number of hydrogen-bond acceptors (Lipinski definition) is 5. The van der Waals surface area contributed by atoms with Crippen molar-refractivity contribution in [2.75, 3.05) is 14.2 Å². The van der Waals surface area contributed by atoms with E-state index in [0.29, 0.717) is 12.4 Å². The highest BCUT2D eigenvalue weighted by Gasteiger charge is 2.23. The van der Waals surface area contributed by atoms with Crippen molar-refractivity contribution < 1.29 is 9.47 Å². The summed E-state index contributed by atoms with van der Waals surface area (Å²) in [7, 11) is 3.26. The lowest BCUT2D eigenvalue weighted by atomic mass is 9.87. The van der Waals surface area contributed by atoms with Crippen LogP contribution in [0.1, 0.15) is 28.4 Å². The van der Waals surface area contributed by atoms with E-state index in [1.807, 2.05) is 24.4 Å². The van der Waals surface area contributed by atoms with E-state index in [1.54, 1.807) is 26.7 Å². The molecule has 3 aromatic rings. The van der Waals surface area contributed by atoms with E-state index in [4.69, 9.17) is 9.47 Å². The van der Waals surface area contributed by atoms with Gasteiger partial charge in [-0.05, 0) is 24.6 Å². The number of aromatic nitrogens is 4. The number of benzene rings is 1. The maximum absolute atomic E-state index is 5.60. The Balaban J connectivity index is 2.05. The lowest BCUT2D eigenvalue weighted by Gasteiger charge is -2.21. The van der Waals surface area contributed by atoms with E-state index >= 15 is 0 Å². The Bertz CT molecular complexity index is 803. The number of H-pyrrole nitrogens is 1. The Labute approximate surface area is 140 Å². The molecule has 0 saturated heterocycles. The summed E-state index contributed by atoms with van der Waals surface area (Å²) in [6.07, 6.45) is 5.92. The molecular weight excluding hydrogens is 304 g/mol. The Morgan fingerprint density at radius 1 is 1.17 bits per heavy atom. The highest BCUT2D eigenvalue weighted by molar-refractivity contribution is 5.46. The van der Waals surface area contributed by atoms with Crippen molar-refractivity contribution >= 4 is 0 Å². The van der Waals surface area contributed by atoms with Gasteiger partial charge < -0.3 is 14.5 Å². The third-order valence-corrected chi connectivity index (χ3v) is 4.03. The first-order valence-corrected chi connectivity index (χ1v) is 7.70. The summed E-state index contributed by atoms with van der Waals surface area (Å²) in [4.78, 5) is 15.9. The third-order valence-electron chi connectivity index (χ3n) is 4.03. The molecule has 6 heteroatoms. The standard InChI is InChI=1S/C18H20N4O2/c1-12-5-4-6-16(23-2)17(12)14(15-10-19-11-21-15)9-13-7-8-20-18(22-13)24-3/h4-8,10-11,14H,9H2,1-3H3,(H,19,21). The fourth-order valence-electron chi connectivity index (χ4n) is 2.90. The van der Waals surface area contributed by atoms with Crippen LogP contribution >= 0.6 is 0 Å². The van der Waals surface area contributed by atoms with Gasteiger partial charge in [-0.1, -0.05) is 12.1 Å². The van der Waals surface area contributed by atoms with Gasteiger partial charge in [-0.2, -0.15) is 0 Å². The van der Waals surface area contributed by atoms with Gasteiger partial charge in [-0.3, -0.25) is 0 Å². The van der Waals surface area contributed by atoms with Crippen molar-refractivity contribution in [2.24, 2.45) is 0 Å². The SMILES string of the molecule is COc1nccc(CC(c2cnc[nH]2)c2c(C)cccc2OC)n1. The fourth-order valence-corrected chi connectivity index (χ4v) is 2.90. The monoisotopic (exact) mass is 324 g/mol. The minimum atomic E-state index is 0.0447. The second-order valence-electron chi connectivity index (χ2n) is 5.49. The maximum Gasteiger partial charge on any atom is 0.316 e. The molecule has 2 aromatic heterocycles. The molecule has 0 fully saturated rings. The number of aromatic amines is 1. The molecule has 124 valence electrons. The second-order valence-corrected chi connectivity index (χ2v) is 5.49. The van der Waals surface area contributed by atoms with Crippen molar-refractivity contribution in [1.82, 2.24) is 19.9 Å².